The number of carbonyl (C=O) groups is 1. The van der Waals surface area contributed by atoms with Gasteiger partial charge >= 0.3 is 0 Å². The van der Waals surface area contributed by atoms with Crippen LogP contribution in [0.3, 0.4) is 0 Å². The van der Waals surface area contributed by atoms with Crippen LogP contribution in [-0.2, 0) is 0 Å². The Morgan fingerprint density at radius 1 is 1.20 bits per heavy atom. The number of nitrogens with one attached hydrogen (secondary N) is 1. The Hall–Kier alpha value is -1.60. The average molecular weight is 382 g/mol. The molecule has 0 heterocycles. The van der Waals surface area contributed by atoms with E-state index < -0.39 is 0 Å². The fraction of sp³-hybridized carbons (Fsp3) is 0.133. The number of halogens is 1. The number of benzene rings is 2. The Labute approximate surface area is 131 Å². The van der Waals surface area contributed by atoms with E-state index in [1.165, 1.54) is 0 Å². The molecule has 0 fully saturated rings. The van der Waals surface area contributed by atoms with Gasteiger partial charge in [-0.05, 0) is 59.0 Å². The second-order valence-corrected chi connectivity index (χ2v) is 5.37. The summed E-state index contributed by atoms with van der Waals surface area (Å²) in [6.07, 6.45) is 0. The van der Waals surface area contributed by atoms with Crippen LogP contribution < -0.4 is 15.8 Å². The molecule has 0 saturated heterocycles. The fourth-order valence-corrected chi connectivity index (χ4v) is 2.00. The molecule has 0 saturated carbocycles. The first-order chi connectivity index (χ1) is 9.69. The minimum absolute atomic E-state index is 0.141. The van der Waals surface area contributed by atoms with Crippen LogP contribution in [0.1, 0.15) is 10.4 Å². The highest BCUT2D eigenvalue weighted by atomic mass is 127. The van der Waals surface area contributed by atoms with Crippen LogP contribution in [0.2, 0.25) is 0 Å². The number of carbonyl (C=O) groups excluding carboxylic acids is 1. The first-order valence-electron chi connectivity index (χ1n) is 6.19. The van der Waals surface area contributed by atoms with Gasteiger partial charge in [-0.2, -0.15) is 0 Å². The minimum atomic E-state index is -0.141. The van der Waals surface area contributed by atoms with Crippen molar-refractivity contribution in [3.05, 3.63) is 57.7 Å². The molecule has 0 spiro atoms. The molecule has 5 heteroatoms. The average Bonchev–Trinajstić information content (AvgIpc) is 2.46. The monoisotopic (exact) mass is 382 g/mol. The molecule has 2 aromatic rings. The van der Waals surface area contributed by atoms with Gasteiger partial charge in [0.15, 0.2) is 0 Å². The molecule has 2 aromatic carbocycles. The molecule has 0 atom stereocenters. The fourth-order valence-electron chi connectivity index (χ4n) is 1.64. The largest absolute Gasteiger partial charge is 0.492 e. The van der Waals surface area contributed by atoms with E-state index in [9.17, 15) is 4.79 Å². The maximum Gasteiger partial charge on any atom is 0.255 e. The summed E-state index contributed by atoms with van der Waals surface area (Å²) in [5.74, 6) is 0.549. The Morgan fingerprint density at radius 3 is 2.65 bits per heavy atom. The van der Waals surface area contributed by atoms with Gasteiger partial charge in [0.25, 0.3) is 5.91 Å². The number of nitrogens with two attached hydrogens (primary N) is 1. The van der Waals surface area contributed by atoms with Gasteiger partial charge in [0.2, 0.25) is 0 Å². The molecule has 0 aliphatic carbocycles. The molecule has 0 aliphatic heterocycles. The van der Waals surface area contributed by atoms with Crippen LogP contribution >= 0.6 is 22.6 Å². The van der Waals surface area contributed by atoms with Crippen molar-refractivity contribution in [3.8, 4) is 5.75 Å². The Morgan fingerprint density at radius 2 is 1.95 bits per heavy atom. The van der Waals surface area contributed by atoms with Crippen LogP contribution in [0, 0.1) is 3.57 Å². The third kappa shape index (κ3) is 4.21. The van der Waals surface area contributed by atoms with E-state index >= 15 is 0 Å². The summed E-state index contributed by atoms with van der Waals surface area (Å²) in [6.45, 7) is 0.910. The zero-order chi connectivity index (χ0) is 14.4. The van der Waals surface area contributed by atoms with E-state index in [1.54, 1.807) is 18.2 Å². The summed E-state index contributed by atoms with van der Waals surface area (Å²) < 4.78 is 6.52. The SMILES string of the molecule is NCCOc1cccc(NC(=O)c2ccc(I)cc2)c1. The summed E-state index contributed by atoms with van der Waals surface area (Å²) >= 11 is 2.20. The van der Waals surface area contributed by atoms with Crippen molar-refractivity contribution in [1.29, 1.82) is 0 Å². The number of amides is 1. The molecule has 2 rings (SSSR count). The van der Waals surface area contributed by atoms with Gasteiger partial charge in [-0.1, -0.05) is 6.07 Å². The minimum Gasteiger partial charge on any atom is -0.492 e. The normalized spacial score (nSPS) is 10.1. The molecular formula is C15H15IN2O2. The van der Waals surface area contributed by atoms with Crippen molar-refractivity contribution >= 4 is 34.2 Å². The predicted octanol–water partition coefficient (Wildman–Crippen LogP) is 2.88. The predicted molar refractivity (Wildman–Crippen MR) is 88.1 cm³/mol. The van der Waals surface area contributed by atoms with Crippen LogP contribution in [0.4, 0.5) is 5.69 Å². The molecule has 4 nitrogen and oxygen atoms in total. The van der Waals surface area contributed by atoms with Gasteiger partial charge < -0.3 is 15.8 Å². The van der Waals surface area contributed by atoms with E-state index in [0.29, 0.717) is 30.2 Å². The standard InChI is InChI=1S/C15H15IN2O2/c16-12-6-4-11(5-7-12)15(19)18-13-2-1-3-14(10-13)20-9-8-17/h1-7,10H,8-9,17H2,(H,18,19). The lowest BCUT2D eigenvalue weighted by atomic mass is 10.2. The van der Waals surface area contributed by atoms with Crippen molar-refractivity contribution in [1.82, 2.24) is 0 Å². The second kappa shape index (κ2) is 7.25. The van der Waals surface area contributed by atoms with Crippen LogP contribution in [-0.4, -0.2) is 19.1 Å². The maximum atomic E-state index is 12.1. The molecular weight excluding hydrogens is 367 g/mol. The van der Waals surface area contributed by atoms with Crippen LogP contribution in [0.5, 0.6) is 5.75 Å². The van der Waals surface area contributed by atoms with Gasteiger partial charge in [0.05, 0.1) is 0 Å². The number of anilines is 1. The molecule has 20 heavy (non-hydrogen) atoms. The molecule has 0 unspecified atom stereocenters. The summed E-state index contributed by atoms with van der Waals surface area (Å²) in [7, 11) is 0. The van der Waals surface area contributed by atoms with E-state index in [1.807, 2.05) is 30.3 Å². The number of hydrogen-bond donors (Lipinski definition) is 2. The van der Waals surface area contributed by atoms with Crippen molar-refractivity contribution in [2.24, 2.45) is 5.73 Å². The van der Waals surface area contributed by atoms with Gasteiger partial charge in [0.1, 0.15) is 12.4 Å². The maximum absolute atomic E-state index is 12.1. The molecule has 0 aliphatic rings. The smallest absolute Gasteiger partial charge is 0.255 e. The highest BCUT2D eigenvalue weighted by Gasteiger charge is 2.06. The summed E-state index contributed by atoms with van der Waals surface area (Å²) in [5, 5.41) is 2.84. The van der Waals surface area contributed by atoms with Gasteiger partial charge in [-0.3, -0.25) is 4.79 Å². The summed E-state index contributed by atoms with van der Waals surface area (Å²) in [6, 6.07) is 14.6. The topological polar surface area (TPSA) is 64.3 Å². The van der Waals surface area contributed by atoms with E-state index in [0.717, 1.165) is 3.57 Å². The third-order valence-electron chi connectivity index (χ3n) is 2.58. The number of rotatable bonds is 5. The molecule has 0 bridgehead atoms. The van der Waals surface area contributed by atoms with Crippen LogP contribution in [0.25, 0.3) is 0 Å². The number of hydrogen-bond acceptors (Lipinski definition) is 3. The molecule has 3 N–H and O–H groups in total. The Bertz CT molecular complexity index is 585. The van der Waals surface area contributed by atoms with Gasteiger partial charge in [0, 0.05) is 27.4 Å². The van der Waals surface area contributed by atoms with E-state index in [2.05, 4.69) is 27.9 Å². The molecule has 104 valence electrons. The van der Waals surface area contributed by atoms with Crippen molar-refractivity contribution in [2.45, 2.75) is 0 Å². The van der Waals surface area contributed by atoms with Crippen LogP contribution in [0.15, 0.2) is 48.5 Å². The van der Waals surface area contributed by atoms with Gasteiger partial charge in [-0.15, -0.1) is 0 Å². The van der Waals surface area contributed by atoms with E-state index in [-0.39, 0.29) is 5.91 Å². The second-order valence-electron chi connectivity index (χ2n) is 4.13. The van der Waals surface area contributed by atoms with Crippen molar-refractivity contribution in [2.75, 3.05) is 18.5 Å². The molecule has 1 amide bonds. The zero-order valence-electron chi connectivity index (χ0n) is 10.8. The quantitative estimate of drug-likeness (QED) is 0.782. The summed E-state index contributed by atoms with van der Waals surface area (Å²) in [4.78, 5) is 12.1. The first kappa shape index (κ1) is 14.8. The Balaban J connectivity index is 2.05. The molecule has 0 aromatic heterocycles. The lowest BCUT2D eigenvalue weighted by Gasteiger charge is -2.08. The number of ether oxygens (including phenoxy) is 1. The summed E-state index contributed by atoms with van der Waals surface area (Å²) in [5.41, 5.74) is 6.71. The van der Waals surface area contributed by atoms with E-state index in [4.69, 9.17) is 10.5 Å². The van der Waals surface area contributed by atoms with Crippen molar-refractivity contribution < 1.29 is 9.53 Å². The zero-order valence-corrected chi connectivity index (χ0v) is 13.0. The van der Waals surface area contributed by atoms with Crippen molar-refractivity contribution in [3.63, 3.8) is 0 Å². The first-order valence-corrected chi connectivity index (χ1v) is 7.27. The Kier molecular flexibility index (Phi) is 5.37. The highest BCUT2D eigenvalue weighted by Crippen LogP contribution is 2.18. The molecule has 0 radical (unpaired) electrons. The lowest BCUT2D eigenvalue weighted by Crippen LogP contribution is -2.13. The highest BCUT2D eigenvalue weighted by molar-refractivity contribution is 14.1. The van der Waals surface area contributed by atoms with Gasteiger partial charge in [-0.25, -0.2) is 0 Å². The third-order valence-corrected chi connectivity index (χ3v) is 3.30. The lowest BCUT2D eigenvalue weighted by molar-refractivity contribution is 0.102.